The number of para-hydroxylation sites is 1. The van der Waals surface area contributed by atoms with E-state index in [-0.39, 0.29) is 10.9 Å². The lowest BCUT2D eigenvalue weighted by Gasteiger charge is -2.11. The van der Waals surface area contributed by atoms with Crippen LogP contribution in [0.25, 0.3) is 0 Å². The van der Waals surface area contributed by atoms with Crippen LogP contribution < -0.4 is 20.1 Å². The third-order valence-corrected chi connectivity index (χ3v) is 3.65. The second kappa shape index (κ2) is 9.40. The zero-order valence-corrected chi connectivity index (χ0v) is 15.2. The van der Waals surface area contributed by atoms with E-state index in [0.717, 1.165) is 11.4 Å². The molecule has 7 heteroatoms. The lowest BCUT2D eigenvalue weighted by atomic mass is 10.3. The molecule has 0 spiro atoms. The molecule has 1 aromatic heterocycles. The summed E-state index contributed by atoms with van der Waals surface area (Å²) in [5.74, 6) is 1.31. The van der Waals surface area contributed by atoms with Crippen molar-refractivity contribution in [3.8, 4) is 11.5 Å². The highest BCUT2D eigenvalue weighted by atomic mass is 32.1. The second-order valence-electron chi connectivity index (χ2n) is 5.42. The molecule has 0 aliphatic rings. The Morgan fingerprint density at radius 3 is 2.19 bits per heavy atom. The first kappa shape index (κ1) is 18.5. The third kappa shape index (κ3) is 5.86. The second-order valence-corrected chi connectivity index (χ2v) is 5.83. The zero-order valence-electron chi connectivity index (χ0n) is 14.4. The summed E-state index contributed by atoms with van der Waals surface area (Å²) >= 11 is 5.12. The van der Waals surface area contributed by atoms with Crippen LogP contribution in [-0.4, -0.2) is 24.2 Å². The molecule has 3 aromatic rings. The number of furan rings is 1. The van der Waals surface area contributed by atoms with Crippen LogP contribution in [0.2, 0.25) is 0 Å². The van der Waals surface area contributed by atoms with Crippen LogP contribution in [0, 0.1) is 0 Å². The number of carbonyl (C=O) groups excluding carboxylic acids is 1. The molecular weight excluding hydrogens is 364 g/mol. The SMILES string of the molecule is O=C(NC(=S)Nc1ccc(OCCOc2ccccc2)cc1)c1ccco1. The molecule has 0 aliphatic heterocycles. The van der Waals surface area contributed by atoms with Gasteiger partial charge in [-0.3, -0.25) is 10.1 Å². The molecule has 0 fully saturated rings. The molecule has 27 heavy (non-hydrogen) atoms. The van der Waals surface area contributed by atoms with E-state index in [0.29, 0.717) is 19.0 Å². The Bertz CT molecular complexity index is 865. The highest BCUT2D eigenvalue weighted by Gasteiger charge is 2.10. The van der Waals surface area contributed by atoms with Crippen LogP contribution in [0.4, 0.5) is 5.69 Å². The Morgan fingerprint density at radius 2 is 1.56 bits per heavy atom. The van der Waals surface area contributed by atoms with Crippen molar-refractivity contribution < 1.29 is 18.7 Å². The molecule has 1 amide bonds. The topological polar surface area (TPSA) is 72.7 Å². The molecule has 138 valence electrons. The Hall–Kier alpha value is -3.32. The van der Waals surface area contributed by atoms with Crippen molar-refractivity contribution in [2.24, 2.45) is 0 Å². The van der Waals surface area contributed by atoms with Crippen molar-refractivity contribution in [2.75, 3.05) is 18.5 Å². The zero-order chi connectivity index (χ0) is 18.9. The maximum Gasteiger partial charge on any atom is 0.293 e. The van der Waals surface area contributed by atoms with E-state index in [1.165, 1.54) is 6.26 Å². The van der Waals surface area contributed by atoms with E-state index in [2.05, 4.69) is 10.6 Å². The summed E-state index contributed by atoms with van der Waals surface area (Å²) in [5, 5.41) is 5.65. The third-order valence-electron chi connectivity index (χ3n) is 3.45. The molecule has 0 bridgehead atoms. The molecule has 0 unspecified atom stereocenters. The van der Waals surface area contributed by atoms with E-state index in [4.69, 9.17) is 26.1 Å². The van der Waals surface area contributed by atoms with Gasteiger partial charge in [0, 0.05) is 5.69 Å². The summed E-state index contributed by atoms with van der Waals surface area (Å²) in [7, 11) is 0. The molecule has 6 nitrogen and oxygen atoms in total. The first-order valence-electron chi connectivity index (χ1n) is 8.27. The molecule has 3 rings (SSSR count). The Morgan fingerprint density at radius 1 is 0.889 bits per heavy atom. The standard InChI is InChI=1S/C20H18N2O4S/c23-19(18-7-4-12-26-18)22-20(27)21-15-8-10-17(11-9-15)25-14-13-24-16-5-2-1-3-6-16/h1-12H,13-14H2,(H2,21,22,23,27). The number of rotatable bonds is 7. The van der Waals surface area contributed by atoms with Crippen LogP contribution in [0.3, 0.4) is 0 Å². The molecule has 2 N–H and O–H groups in total. The van der Waals surface area contributed by atoms with Crippen LogP contribution in [0.5, 0.6) is 11.5 Å². The fourth-order valence-corrected chi connectivity index (χ4v) is 2.42. The number of amides is 1. The predicted octanol–water partition coefficient (Wildman–Crippen LogP) is 3.86. The van der Waals surface area contributed by atoms with E-state index >= 15 is 0 Å². The number of ether oxygens (including phenoxy) is 2. The molecular formula is C20H18N2O4S. The van der Waals surface area contributed by atoms with Crippen molar-refractivity contribution in [3.05, 3.63) is 78.8 Å². The van der Waals surface area contributed by atoms with E-state index < -0.39 is 5.91 Å². The normalized spacial score (nSPS) is 10.1. The average Bonchev–Trinajstić information content (AvgIpc) is 3.22. The minimum atomic E-state index is -0.407. The van der Waals surface area contributed by atoms with Gasteiger partial charge >= 0.3 is 0 Å². The van der Waals surface area contributed by atoms with Gasteiger partial charge in [-0.1, -0.05) is 18.2 Å². The van der Waals surface area contributed by atoms with Crippen molar-refractivity contribution >= 4 is 28.9 Å². The monoisotopic (exact) mass is 382 g/mol. The molecule has 2 aromatic carbocycles. The molecule has 0 saturated heterocycles. The van der Waals surface area contributed by atoms with Crippen LogP contribution in [0.15, 0.2) is 77.4 Å². The largest absolute Gasteiger partial charge is 0.490 e. The summed E-state index contributed by atoms with van der Waals surface area (Å²) in [6.07, 6.45) is 1.43. The van der Waals surface area contributed by atoms with Gasteiger partial charge in [0.1, 0.15) is 24.7 Å². The van der Waals surface area contributed by atoms with Gasteiger partial charge in [-0.25, -0.2) is 0 Å². The highest BCUT2D eigenvalue weighted by Crippen LogP contribution is 2.16. The van der Waals surface area contributed by atoms with Crippen molar-refractivity contribution in [3.63, 3.8) is 0 Å². The fourth-order valence-electron chi connectivity index (χ4n) is 2.21. The van der Waals surface area contributed by atoms with Crippen LogP contribution >= 0.6 is 12.2 Å². The summed E-state index contributed by atoms with van der Waals surface area (Å²) < 4.78 is 16.2. The van der Waals surface area contributed by atoms with Crippen molar-refractivity contribution in [1.29, 1.82) is 0 Å². The Kier molecular flexibility index (Phi) is 6.43. The molecule has 0 saturated carbocycles. The lowest BCUT2D eigenvalue weighted by molar-refractivity contribution is 0.0950. The maximum atomic E-state index is 11.8. The Labute approximate surface area is 162 Å². The summed E-state index contributed by atoms with van der Waals surface area (Å²) in [6, 6.07) is 20.0. The first-order valence-corrected chi connectivity index (χ1v) is 8.68. The number of hydrogen-bond acceptors (Lipinski definition) is 5. The van der Waals surface area contributed by atoms with Gasteiger partial charge in [-0.15, -0.1) is 0 Å². The summed E-state index contributed by atoms with van der Waals surface area (Å²) in [6.45, 7) is 0.881. The highest BCUT2D eigenvalue weighted by molar-refractivity contribution is 7.80. The molecule has 1 heterocycles. The number of nitrogens with one attached hydrogen (secondary N) is 2. The fraction of sp³-hybridized carbons (Fsp3) is 0.100. The van der Waals surface area contributed by atoms with Gasteiger partial charge in [-0.05, 0) is 60.7 Å². The smallest absolute Gasteiger partial charge is 0.293 e. The van der Waals surface area contributed by atoms with E-state index in [1.807, 2.05) is 42.5 Å². The predicted molar refractivity (Wildman–Crippen MR) is 106 cm³/mol. The minimum Gasteiger partial charge on any atom is -0.490 e. The van der Waals surface area contributed by atoms with Gasteiger partial charge in [0.15, 0.2) is 10.9 Å². The summed E-state index contributed by atoms with van der Waals surface area (Å²) in [4.78, 5) is 11.8. The van der Waals surface area contributed by atoms with Crippen LogP contribution in [-0.2, 0) is 0 Å². The number of benzene rings is 2. The van der Waals surface area contributed by atoms with Gasteiger partial charge in [0.2, 0.25) is 0 Å². The van der Waals surface area contributed by atoms with Gasteiger partial charge in [0.05, 0.1) is 6.26 Å². The number of hydrogen-bond donors (Lipinski definition) is 2. The molecule has 0 atom stereocenters. The van der Waals surface area contributed by atoms with Crippen LogP contribution in [0.1, 0.15) is 10.6 Å². The van der Waals surface area contributed by atoms with Gasteiger partial charge in [-0.2, -0.15) is 0 Å². The van der Waals surface area contributed by atoms with E-state index in [9.17, 15) is 4.79 Å². The number of carbonyl (C=O) groups is 1. The van der Waals surface area contributed by atoms with Crippen molar-refractivity contribution in [1.82, 2.24) is 5.32 Å². The summed E-state index contributed by atoms with van der Waals surface area (Å²) in [5.41, 5.74) is 0.729. The first-order chi connectivity index (χ1) is 13.2. The number of anilines is 1. The minimum absolute atomic E-state index is 0.182. The Balaban J connectivity index is 1.40. The number of thiocarbonyl (C=S) groups is 1. The van der Waals surface area contributed by atoms with Gasteiger partial charge in [0.25, 0.3) is 5.91 Å². The quantitative estimate of drug-likeness (QED) is 0.477. The lowest BCUT2D eigenvalue weighted by Crippen LogP contribution is -2.33. The maximum absolute atomic E-state index is 11.8. The molecule has 0 radical (unpaired) electrons. The van der Waals surface area contributed by atoms with Gasteiger partial charge < -0.3 is 19.2 Å². The van der Waals surface area contributed by atoms with E-state index in [1.54, 1.807) is 24.3 Å². The molecule has 0 aliphatic carbocycles. The average molecular weight is 382 g/mol. The van der Waals surface area contributed by atoms with Crippen molar-refractivity contribution in [2.45, 2.75) is 0 Å².